The van der Waals surface area contributed by atoms with Crippen molar-refractivity contribution in [2.75, 3.05) is 5.32 Å². The van der Waals surface area contributed by atoms with Crippen LogP contribution in [0.15, 0.2) is 36.4 Å². The number of nitro groups is 1. The van der Waals surface area contributed by atoms with E-state index >= 15 is 0 Å². The van der Waals surface area contributed by atoms with Crippen LogP contribution in [0, 0.1) is 16.0 Å². The van der Waals surface area contributed by atoms with Gasteiger partial charge in [-0.15, -0.1) is 0 Å². The zero-order valence-electron chi connectivity index (χ0n) is 19.7. The monoisotopic (exact) mass is 525 g/mol. The predicted octanol–water partition coefficient (Wildman–Crippen LogP) is 5.61. The van der Waals surface area contributed by atoms with Crippen molar-refractivity contribution in [1.82, 2.24) is 5.32 Å². The maximum absolute atomic E-state index is 13.0. The van der Waals surface area contributed by atoms with E-state index in [4.69, 9.17) is 32.7 Å². The number of alkyl carbamates (subject to hydrolysis) is 1. The molecule has 10 nitrogen and oxygen atoms in total. The largest absolute Gasteiger partial charge is 0.444 e. The van der Waals surface area contributed by atoms with Crippen LogP contribution < -0.4 is 15.4 Å². The molecule has 1 unspecified atom stereocenters. The number of nitro benzene ring substituents is 1. The Labute approximate surface area is 212 Å². The molecule has 0 radical (unpaired) electrons. The lowest BCUT2D eigenvalue weighted by atomic mass is 10.0. The van der Waals surface area contributed by atoms with Gasteiger partial charge >= 0.3 is 12.1 Å². The fourth-order valence-corrected chi connectivity index (χ4v) is 3.22. The summed E-state index contributed by atoms with van der Waals surface area (Å²) in [4.78, 5) is 48.7. The van der Waals surface area contributed by atoms with E-state index in [1.165, 1.54) is 0 Å². The van der Waals surface area contributed by atoms with E-state index in [1.54, 1.807) is 58.9 Å². The van der Waals surface area contributed by atoms with Gasteiger partial charge in [-0.05, 0) is 44.9 Å². The average Bonchev–Trinajstić information content (AvgIpc) is 2.72. The number of ether oxygens (including phenoxy) is 2. The topological polar surface area (TPSA) is 137 Å². The van der Waals surface area contributed by atoms with Crippen molar-refractivity contribution in [2.24, 2.45) is 5.92 Å². The molecule has 2 aromatic rings. The molecule has 0 heterocycles. The number of carbonyl (C=O) groups is 3. The second-order valence-corrected chi connectivity index (χ2v) is 9.59. The Morgan fingerprint density at radius 3 is 2.23 bits per heavy atom. The number of nitrogens with one attached hydrogen (secondary N) is 2. The van der Waals surface area contributed by atoms with Crippen molar-refractivity contribution in [1.29, 1.82) is 0 Å². The number of para-hydroxylation sites is 1. The first-order valence-corrected chi connectivity index (χ1v) is 11.2. The molecule has 35 heavy (non-hydrogen) atoms. The highest BCUT2D eigenvalue weighted by Gasteiger charge is 2.31. The first-order chi connectivity index (χ1) is 16.2. The summed E-state index contributed by atoms with van der Waals surface area (Å²) in [7, 11) is 0. The molecule has 2 amide bonds. The minimum absolute atomic E-state index is 0.244. The lowest BCUT2D eigenvalue weighted by molar-refractivity contribution is -0.384. The summed E-state index contributed by atoms with van der Waals surface area (Å²) in [6.07, 6.45) is -0.855. The average molecular weight is 526 g/mol. The van der Waals surface area contributed by atoms with Gasteiger partial charge in [0.25, 0.3) is 11.6 Å². The van der Waals surface area contributed by atoms with Crippen molar-refractivity contribution in [3.05, 3.63) is 62.1 Å². The van der Waals surface area contributed by atoms with Gasteiger partial charge in [-0.25, -0.2) is 9.59 Å². The Kier molecular flexibility index (Phi) is 9.06. The van der Waals surface area contributed by atoms with Crippen LogP contribution in [0.4, 0.5) is 16.2 Å². The van der Waals surface area contributed by atoms with Crippen LogP contribution in [0.1, 0.15) is 45.0 Å². The molecule has 0 fully saturated rings. The normalized spacial score (nSPS) is 12.0. The number of benzene rings is 2. The van der Waals surface area contributed by atoms with E-state index in [0.717, 1.165) is 12.1 Å². The van der Waals surface area contributed by atoms with Gasteiger partial charge in [0.1, 0.15) is 16.7 Å². The molecular formula is C23H25Cl2N3O7. The van der Waals surface area contributed by atoms with E-state index < -0.39 is 51.9 Å². The molecule has 0 aliphatic rings. The smallest absolute Gasteiger partial charge is 0.408 e. The number of hydrogen-bond donors (Lipinski definition) is 2. The maximum Gasteiger partial charge on any atom is 0.408 e. The summed E-state index contributed by atoms with van der Waals surface area (Å²) in [6, 6.07) is 7.10. The Morgan fingerprint density at radius 1 is 1.06 bits per heavy atom. The van der Waals surface area contributed by atoms with Gasteiger partial charge in [0, 0.05) is 0 Å². The van der Waals surface area contributed by atoms with E-state index in [9.17, 15) is 24.5 Å². The molecule has 2 aromatic carbocycles. The predicted molar refractivity (Wildman–Crippen MR) is 131 cm³/mol. The fourth-order valence-electron chi connectivity index (χ4n) is 2.80. The number of rotatable bonds is 7. The van der Waals surface area contributed by atoms with E-state index in [2.05, 4.69) is 10.6 Å². The van der Waals surface area contributed by atoms with Crippen molar-refractivity contribution in [3.8, 4) is 5.75 Å². The zero-order valence-corrected chi connectivity index (χ0v) is 21.2. The summed E-state index contributed by atoms with van der Waals surface area (Å²) in [6.45, 7) is 8.28. The number of carbonyl (C=O) groups excluding carboxylic acids is 3. The van der Waals surface area contributed by atoms with Crippen LogP contribution in [0.2, 0.25) is 10.0 Å². The summed E-state index contributed by atoms with van der Waals surface area (Å²) in [5, 5.41) is 16.3. The Balaban J connectivity index is 2.40. The highest BCUT2D eigenvalue weighted by atomic mass is 35.5. The molecule has 12 heteroatoms. The molecule has 0 saturated carbocycles. The lowest BCUT2D eigenvalue weighted by Gasteiger charge is -2.24. The van der Waals surface area contributed by atoms with Crippen LogP contribution in [0.5, 0.6) is 5.75 Å². The third-order valence-electron chi connectivity index (χ3n) is 4.42. The minimum Gasteiger partial charge on any atom is -0.444 e. The van der Waals surface area contributed by atoms with Crippen LogP contribution >= 0.6 is 23.2 Å². The van der Waals surface area contributed by atoms with Gasteiger partial charge < -0.3 is 20.1 Å². The second kappa shape index (κ2) is 11.4. The summed E-state index contributed by atoms with van der Waals surface area (Å²) in [5.74, 6) is -2.61. The molecule has 0 spiro atoms. The van der Waals surface area contributed by atoms with Crippen molar-refractivity contribution in [3.63, 3.8) is 0 Å². The lowest BCUT2D eigenvalue weighted by Crippen LogP contribution is -2.48. The number of halogens is 2. The number of hydrogen-bond acceptors (Lipinski definition) is 7. The highest BCUT2D eigenvalue weighted by molar-refractivity contribution is 6.34. The molecule has 1 atom stereocenters. The summed E-state index contributed by atoms with van der Waals surface area (Å²) < 4.78 is 10.6. The van der Waals surface area contributed by atoms with Gasteiger partial charge in [0.05, 0.1) is 27.3 Å². The summed E-state index contributed by atoms with van der Waals surface area (Å²) >= 11 is 12.1. The quantitative estimate of drug-likeness (QED) is 0.207. The Morgan fingerprint density at radius 2 is 1.69 bits per heavy atom. The first-order valence-electron chi connectivity index (χ1n) is 10.4. The van der Waals surface area contributed by atoms with Gasteiger partial charge in [-0.2, -0.15) is 0 Å². The molecular weight excluding hydrogens is 501 g/mol. The van der Waals surface area contributed by atoms with Crippen LogP contribution in [-0.4, -0.2) is 34.5 Å². The Hall–Kier alpha value is -3.37. The van der Waals surface area contributed by atoms with Crippen LogP contribution in [0.3, 0.4) is 0 Å². The SMILES string of the molecule is CC(C)C(NC(=O)OC(C)(C)C)C(=O)Oc1cc([N+](=O)[O-])c(Cl)cc1C(=O)Nc1ccccc1Cl. The van der Waals surface area contributed by atoms with E-state index in [1.807, 2.05) is 0 Å². The fraction of sp³-hybridized carbons (Fsp3) is 0.348. The molecule has 188 valence electrons. The van der Waals surface area contributed by atoms with Crippen LogP contribution in [-0.2, 0) is 9.53 Å². The van der Waals surface area contributed by atoms with Crippen molar-refractivity contribution < 1.29 is 28.8 Å². The molecule has 2 rings (SSSR count). The van der Waals surface area contributed by atoms with Gasteiger partial charge in [-0.1, -0.05) is 49.2 Å². The second-order valence-electron chi connectivity index (χ2n) is 8.78. The summed E-state index contributed by atoms with van der Waals surface area (Å²) in [5.41, 5.74) is -1.38. The molecule has 0 saturated heterocycles. The number of amides is 2. The third-order valence-corrected chi connectivity index (χ3v) is 5.05. The standard InChI is InChI=1S/C23H25Cl2N3O7/c1-12(2)19(27-22(31)35-23(3,4)5)21(30)34-18-11-17(28(32)33)15(25)10-13(18)20(29)26-16-9-7-6-8-14(16)24/h6-12,19H,1-5H3,(H,26,29)(H,27,31). The number of anilines is 1. The van der Waals surface area contributed by atoms with Gasteiger partial charge in [0.15, 0.2) is 5.75 Å². The van der Waals surface area contributed by atoms with Crippen molar-refractivity contribution >= 4 is 52.5 Å². The van der Waals surface area contributed by atoms with Gasteiger partial charge in [-0.3, -0.25) is 14.9 Å². The molecule has 0 bridgehead atoms. The Bertz CT molecular complexity index is 1150. The number of esters is 1. The van der Waals surface area contributed by atoms with Gasteiger partial charge in [0.2, 0.25) is 0 Å². The first kappa shape index (κ1) is 27.9. The molecule has 2 N–H and O–H groups in total. The molecule has 0 aromatic heterocycles. The maximum atomic E-state index is 13.0. The number of nitrogens with zero attached hydrogens (tertiary/aromatic N) is 1. The van der Waals surface area contributed by atoms with E-state index in [0.29, 0.717) is 0 Å². The molecule has 0 aliphatic carbocycles. The third kappa shape index (κ3) is 7.83. The van der Waals surface area contributed by atoms with Crippen LogP contribution in [0.25, 0.3) is 0 Å². The minimum atomic E-state index is -1.18. The zero-order chi connectivity index (χ0) is 26.5. The molecule has 0 aliphatic heterocycles. The highest BCUT2D eigenvalue weighted by Crippen LogP contribution is 2.34. The van der Waals surface area contributed by atoms with Crippen molar-refractivity contribution in [2.45, 2.75) is 46.3 Å². The van der Waals surface area contributed by atoms with E-state index in [-0.39, 0.29) is 21.3 Å².